The van der Waals surface area contributed by atoms with E-state index in [2.05, 4.69) is 0 Å². The number of hydrogen-bond acceptors (Lipinski definition) is 3. The Morgan fingerprint density at radius 3 is 2.30 bits per heavy atom. The minimum absolute atomic E-state index is 0.145. The Morgan fingerprint density at radius 2 is 1.65 bits per heavy atom. The molecule has 1 fully saturated rings. The molecular formula is C18H21NO3S. The highest BCUT2D eigenvalue weighted by atomic mass is 32.2. The summed E-state index contributed by atoms with van der Waals surface area (Å²) in [6.45, 7) is 4.65. The number of nitrogens with zero attached hydrogens (tertiary/aromatic N) is 1. The molecule has 1 saturated heterocycles. The minimum Gasteiger partial charge on any atom is -0.368 e. The maximum atomic E-state index is 12.8. The molecule has 2 atom stereocenters. The van der Waals surface area contributed by atoms with Gasteiger partial charge in [0.15, 0.2) is 0 Å². The van der Waals surface area contributed by atoms with Crippen LogP contribution in [0.25, 0.3) is 0 Å². The van der Waals surface area contributed by atoms with Gasteiger partial charge in [-0.15, -0.1) is 0 Å². The van der Waals surface area contributed by atoms with Crippen molar-refractivity contribution in [1.29, 1.82) is 0 Å². The lowest BCUT2D eigenvalue weighted by molar-refractivity contribution is -0.0557. The third-order valence-corrected chi connectivity index (χ3v) is 5.90. The highest BCUT2D eigenvalue weighted by Crippen LogP contribution is 2.29. The molecule has 122 valence electrons. The van der Waals surface area contributed by atoms with E-state index in [1.54, 1.807) is 24.3 Å². The summed E-state index contributed by atoms with van der Waals surface area (Å²) in [7, 11) is -3.49. The molecule has 0 aromatic heterocycles. The van der Waals surface area contributed by atoms with Crippen LogP contribution in [0.4, 0.5) is 0 Å². The van der Waals surface area contributed by atoms with Crippen molar-refractivity contribution in [1.82, 2.24) is 4.31 Å². The number of aryl methyl sites for hydroxylation is 1. The molecule has 2 unspecified atom stereocenters. The van der Waals surface area contributed by atoms with Crippen molar-refractivity contribution >= 4 is 10.0 Å². The van der Waals surface area contributed by atoms with E-state index >= 15 is 0 Å². The van der Waals surface area contributed by atoms with Crippen molar-refractivity contribution in [3.63, 3.8) is 0 Å². The zero-order chi connectivity index (χ0) is 16.4. The maximum absolute atomic E-state index is 12.8. The van der Waals surface area contributed by atoms with Crippen molar-refractivity contribution in [2.45, 2.75) is 31.0 Å². The maximum Gasteiger partial charge on any atom is 0.243 e. The molecule has 1 aliphatic rings. The summed E-state index contributed by atoms with van der Waals surface area (Å²) in [5.41, 5.74) is 2.18. The summed E-state index contributed by atoms with van der Waals surface area (Å²) in [5.74, 6) is 0. The Balaban J connectivity index is 1.87. The number of sulfonamides is 1. The Bertz CT molecular complexity index is 757. The number of hydrogen-bond donors (Lipinski definition) is 0. The first kappa shape index (κ1) is 16.2. The van der Waals surface area contributed by atoms with Gasteiger partial charge in [0.2, 0.25) is 10.0 Å². The van der Waals surface area contributed by atoms with E-state index in [1.165, 1.54) is 9.87 Å². The molecule has 1 aliphatic heterocycles. The number of rotatable bonds is 3. The SMILES string of the molecule is Cc1ccc(C2CN(S(=O)(=O)c3ccccc3)CC(C)O2)cc1. The van der Waals surface area contributed by atoms with Gasteiger partial charge in [-0.3, -0.25) is 0 Å². The second-order valence-electron chi connectivity index (χ2n) is 5.98. The standard InChI is InChI=1S/C18H21NO3S/c1-14-8-10-16(11-9-14)18-13-19(12-15(2)22-18)23(20,21)17-6-4-3-5-7-17/h3-11,15,18H,12-13H2,1-2H3. The van der Waals surface area contributed by atoms with Crippen LogP contribution in [-0.2, 0) is 14.8 Å². The van der Waals surface area contributed by atoms with Gasteiger partial charge in [-0.2, -0.15) is 4.31 Å². The van der Waals surface area contributed by atoms with Crippen molar-refractivity contribution < 1.29 is 13.2 Å². The highest BCUT2D eigenvalue weighted by molar-refractivity contribution is 7.89. The first-order valence-corrected chi connectivity index (χ1v) is 9.18. The first-order chi connectivity index (χ1) is 11.0. The van der Waals surface area contributed by atoms with Crippen molar-refractivity contribution in [2.24, 2.45) is 0 Å². The van der Waals surface area contributed by atoms with Crippen LogP contribution in [0.15, 0.2) is 59.5 Å². The van der Waals surface area contributed by atoms with Gasteiger partial charge < -0.3 is 4.74 Å². The lowest BCUT2D eigenvalue weighted by Gasteiger charge is -2.36. The molecule has 1 heterocycles. The summed E-state index contributed by atoms with van der Waals surface area (Å²) >= 11 is 0. The fourth-order valence-electron chi connectivity index (χ4n) is 2.82. The molecule has 0 bridgehead atoms. The molecule has 2 aromatic carbocycles. The first-order valence-electron chi connectivity index (χ1n) is 7.74. The molecule has 2 aromatic rings. The van der Waals surface area contributed by atoms with Crippen molar-refractivity contribution in [2.75, 3.05) is 13.1 Å². The van der Waals surface area contributed by atoms with E-state index in [-0.39, 0.29) is 12.2 Å². The highest BCUT2D eigenvalue weighted by Gasteiger charge is 2.34. The zero-order valence-corrected chi connectivity index (χ0v) is 14.2. The van der Waals surface area contributed by atoms with Crippen LogP contribution >= 0.6 is 0 Å². The Hall–Kier alpha value is -1.69. The largest absolute Gasteiger partial charge is 0.368 e. The van der Waals surface area contributed by atoms with Crippen LogP contribution in [0, 0.1) is 6.92 Å². The topological polar surface area (TPSA) is 46.6 Å². The van der Waals surface area contributed by atoms with Crippen LogP contribution in [0.5, 0.6) is 0 Å². The van der Waals surface area contributed by atoms with Gasteiger partial charge in [-0.05, 0) is 31.5 Å². The molecule has 3 rings (SSSR count). The summed E-state index contributed by atoms with van der Waals surface area (Å²) < 4.78 is 33.2. The van der Waals surface area contributed by atoms with Gasteiger partial charge in [0.05, 0.1) is 17.1 Å². The quantitative estimate of drug-likeness (QED) is 0.868. The molecule has 0 saturated carbocycles. The average Bonchev–Trinajstić information content (AvgIpc) is 2.56. The van der Waals surface area contributed by atoms with E-state index in [0.29, 0.717) is 18.0 Å². The van der Waals surface area contributed by atoms with Crippen molar-refractivity contribution in [3.8, 4) is 0 Å². The number of benzene rings is 2. The molecule has 0 N–H and O–H groups in total. The van der Waals surface area contributed by atoms with Gasteiger partial charge in [0, 0.05) is 13.1 Å². The summed E-state index contributed by atoms with van der Waals surface area (Å²) in [4.78, 5) is 0.330. The molecule has 0 spiro atoms. The predicted octanol–water partition coefficient (Wildman–Crippen LogP) is 3.15. The number of morpholine rings is 1. The molecule has 5 heteroatoms. The number of ether oxygens (including phenoxy) is 1. The van der Waals surface area contributed by atoms with E-state index in [1.807, 2.05) is 44.2 Å². The summed E-state index contributed by atoms with van der Waals surface area (Å²) in [5, 5.41) is 0. The van der Waals surface area contributed by atoms with Crippen LogP contribution < -0.4 is 0 Å². The molecule has 0 aliphatic carbocycles. The summed E-state index contributed by atoms with van der Waals surface area (Å²) in [6, 6.07) is 16.6. The lowest BCUT2D eigenvalue weighted by atomic mass is 10.1. The zero-order valence-electron chi connectivity index (χ0n) is 13.3. The van der Waals surface area contributed by atoms with E-state index < -0.39 is 10.0 Å². The van der Waals surface area contributed by atoms with Crippen LogP contribution in [0.1, 0.15) is 24.2 Å². The fourth-order valence-corrected chi connectivity index (χ4v) is 4.35. The molecule has 4 nitrogen and oxygen atoms in total. The lowest BCUT2D eigenvalue weighted by Crippen LogP contribution is -2.45. The second kappa shape index (κ2) is 6.43. The normalized spacial score (nSPS) is 22.9. The van der Waals surface area contributed by atoms with Gasteiger partial charge in [-0.25, -0.2) is 8.42 Å². The van der Waals surface area contributed by atoms with Gasteiger partial charge >= 0.3 is 0 Å². The van der Waals surface area contributed by atoms with Crippen molar-refractivity contribution in [3.05, 3.63) is 65.7 Å². The fraction of sp³-hybridized carbons (Fsp3) is 0.333. The third-order valence-electron chi connectivity index (χ3n) is 4.06. The van der Waals surface area contributed by atoms with E-state index in [4.69, 9.17) is 4.74 Å². The van der Waals surface area contributed by atoms with Crippen LogP contribution in [0.3, 0.4) is 0 Å². The second-order valence-corrected chi connectivity index (χ2v) is 7.92. The van der Waals surface area contributed by atoms with Gasteiger partial charge in [-0.1, -0.05) is 48.0 Å². The van der Waals surface area contributed by atoms with E-state index in [9.17, 15) is 8.42 Å². The van der Waals surface area contributed by atoms with Gasteiger partial charge in [0.25, 0.3) is 0 Å². The molecule has 0 amide bonds. The van der Waals surface area contributed by atoms with Crippen LogP contribution in [0.2, 0.25) is 0 Å². The van der Waals surface area contributed by atoms with E-state index in [0.717, 1.165) is 5.56 Å². The average molecular weight is 331 g/mol. The Morgan fingerprint density at radius 1 is 1.00 bits per heavy atom. The third kappa shape index (κ3) is 3.47. The molecule has 23 heavy (non-hydrogen) atoms. The summed E-state index contributed by atoms with van der Waals surface area (Å²) in [6.07, 6.45) is -0.383. The monoisotopic (exact) mass is 331 g/mol. The molecule has 0 radical (unpaired) electrons. The predicted molar refractivity (Wildman–Crippen MR) is 89.7 cm³/mol. The Labute approximate surface area is 137 Å². The molecular weight excluding hydrogens is 310 g/mol. The smallest absolute Gasteiger partial charge is 0.243 e. The van der Waals surface area contributed by atoms with Gasteiger partial charge in [0.1, 0.15) is 0 Å². The van der Waals surface area contributed by atoms with Crippen LogP contribution in [-0.4, -0.2) is 31.9 Å². The minimum atomic E-state index is -3.49. The Kier molecular flexibility index (Phi) is 4.53.